The van der Waals surface area contributed by atoms with Crippen molar-refractivity contribution in [2.24, 2.45) is 11.8 Å². The maximum absolute atomic E-state index is 12.5. The number of carbonyl (C=O) groups excluding carboxylic acids is 1. The molecule has 138 valence electrons. The molecule has 2 atom stereocenters. The third-order valence-corrected chi connectivity index (χ3v) is 5.56. The van der Waals surface area contributed by atoms with Crippen LogP contribution in [0.2, 0.25) is 0 Å². The molecular formula is C19H33NO3S. The molecule has 5 heteroatoms. The Morgan fingerprint density at radius 1 is 1.33 bits per heavy atom. The second-order valence-corrected chi connectivity index (χ2v) is 8.21. The first-order valence-electron chi connectivity index (χ1n) is 9.04. The normalized spacial score (nSPS) is 17.0. The van der Waals surface area contributed by atoms with Crippen molar-refractivity contribution in [2.75, 3.05) is 5.75 Å². The molecule has 0 aromatic carbocycles. The van der Waals surface area contributed by atoms with Crippen molar-refractivity contribution in [3.8, 4) is 0 Å². The molecule has 1 saturated carbocycles. The molecule has 0 radical (unpaired) electrons. The molecule has 24 heavy (non-hydrogen) atoms. The number of rotatable bonds is 11. The molecule has 1 aliphatic carbocycles. The van der Waals surface area contributed by atoms with Gasteiger partial charge in [-0.05, 0) is 51.0 Å². The number of nitrogens with one attached hydrogen (secondary N) is 1. The van der Waals surface area contributed by atoms with Crippen molar-refractivity contribution in [1.82, 2.24) is 5.32 Å². The highest BCUT2D eigenvalue weighted by Crippen LogP contribution is 2.32. The molecule has 1 fully saturated rings. The predicted molar refractivity (Wildman–Crippen MR) is 101 cm³/mol. The topological polar surface area (TPSA) is 63.2 Å². The van der Waals surface area contributed by atoms with E-state index in [4.69, 9.17) is 0 Å². The Morgan fingerprint density at radius 2 is 2.00 bits per heavy atom. The lowest BCUT2D eigenvalue weighted by Gasteiger charge is -2.32. The van der Waals surface area contributed by atoms with Crippen LogP contribution in [0.3, 0.4) is 0 Å². The van der Waals surface area contributed by atoms with Crippen molar-refractivity contribution in [3.63, 3.8) is 0 Å². The van der Waals surface area contributed by atoms with Gasteiger partial charge >= 0.3 is 0 Å². The first kappa shape index (κ1) is 20.9. The van der Waals surface area contributed by atoms with Gasteiger partial charge in [0.15, 0.2) is 0 Å². The molecule has 0 saturated heterocycles. The van der Waals surface area contributed by atoms with Gasteiger partial charge in [0.25, 0.3) is 0 Å². The van der Waals surface area contributed by atoms with Crippen LogP contribution < -0.4 is 5.32 Å². The lowest BCUT2D eigenvalue weighted by atomic mass is 9.79. The molecule has 0 aromatic rings. The van der Waals surface area contributed by atoms with Crippen LogP contribution in [0.25, 0.3) is 0 Å². The van der Waals surface area contributed by atoms with Crippen molar-refractivity contribution in [1.29, 1.82) is 0 Å². The van der Waals surface area contributed by atoms with Gasteiger partial charge in [-0.1, -0.05) is 37.8 Å². The van der Waals surface area contributed by atoms with Gasteiger partial charge in [-0.2, -0.15) is 0 Å². The molecule has 0 spiro atoms. The molecule has 4 nitrogen and oxygen atoms in total. The fourth-order valence-corrected chi connectivity index (χ4v) is 3.93. The standard InChI is InChI=1S/C19H33NO3S/c1-5-6-7-9-15(4)19(21)20-18(12-16-10-8-11-16)17(14(2)3)13-24(22)23/h5,15-16,18,24H,1,6-13H2,2-4H3,(H,20,21). The number of hydrogen-bond donors (Lipinski definition) is 2. The Hall–Kier alpha value is -1.10. The zero-order valence-corrected chi connectivity index (χ0v) is 16.2. The quantitative estimate of drug-likeness (QED) is 0.338. The summed E-state index contributed by atoms with van der Waals surface area (Å²) in [6, 6.07) is -0.150. The van der Waals surface area contributed by atoms with Crippen LogP contribution in [0.15, 0.2) is 23.8 Å². The van der Waals surface area contributed by atoms with Crippen LogP contribution in [0.1, 0.15) is 65.7 Å². The highest BCUT2D eigenvalue weighted by Gasteiger charge is 2.27. The van der Waals surface area contributed by atoms with E-state index >= 15 is 0 Å². The first-order chi connectivity index (χ1) is 11.3. The zero-order chi connectivity index (χ0) is 18.1. The van der Waals surface area contributed by atoms with Gasteiger partial charge in [-0.25, -0.2) is 8.42 Å². The number of amides is 1. The molecule has 2 unspecified atom stereocenters. The average Bonchev–Trinajstić information content (AvgIpc) is 2.46. The minimum Gasteiger partial charge on any atom is -0.349 e. The third-order valence-electron chi connectivity index (χ3n) is 4.97. The van der Waals surface area contributed by atoms with Crippen LogP contribution in [0, 0.1) is 11.8 Å². The van der Waals surface area contributed by atoms with Gasteiger partial charge in [0.05, 0.1) is 11.8 Å². The molecule has 1 N–H and O–H groups in total. The molecule has 1 amide bonds. The summed E-state index contributed by atoms with van der Waals surface area (Å²) in [5.41, 5.74) is 1.86. The Labute approximate surface area is 148 Å². The number of hydrogen-bond acceptors (Lipinski definition) is 3. The Morgan fingerprint density at radius 3 is 2.46 bits per heavy atom. The van der Waals surface area contributed by atoms with E-state index in [0.717, 1.165) is 36.8 Å². The third kappa shape index (κ3) is 7.20. The van der Waals surface area contributed by atoms with Crippen LogP contribution in [-0.4, -0.2) is 26.1 Å². The van der Waals surface area contributed by atoms with Gasteiger partial charge in [-0.15, -0.1) is 6.58 Å². The van der Waals surface area contributed by atoms with E-state index in [2.05, 4.69) is 11.9 Å². The van der Waals surface area contributed by atoms with Gasteiger partial charge in [-0.3, -0.25) is 4.79 Å². The molecule has 1 aliphatic rings. The smallest absolute Gasteiger partial charge is 0.223 e. The van der Waals surface area contributed by atoms with Crippen LogP contribution in [0.4, 0.5) is 0 Å². The van der Waals surface area contributed by atoms with E-state index in [9.17, 15) is 13.2 Å². The summed E-state index contributed by atoms with van der Waals surface area (Å²) in [4.78, 5) is 12.5. The van der Waals surface area contributed by atoms with Gasteiger partial charge in [0.1, 0.15) is 10.7 Å². The lowest BCUT2D eigenvalue weighted by molar-refractivity contribution is -0.125. The van der Waals surface area contributed by atoms with Crippen LogP contribution >= 0.6 is 0 Å². The Balaban J connectivity index is 2.78. The van der Waals surface area contributed by atoms with Gasteiger partial charge < -0.3 is 5.32 Å². The molecule has 1 rings (SSSR count). The fourth-order valence-electron chi connectivity index (χ4n) is 3.12. The average molecular weight is 356 g/mol. The molecule has 0 bridgehead atoms. The summed E-state index contributed by atoms with van der Waals surface area (Å²) >= 11 is 0. The Kier molecular flexibility index (Phi) is 9.34. The monoisotopic (exact) mass is 355 g/mol. The van der Waals surface area contributed by atoms with Crippen LogP contribution in [-0.2, 0) is 15.5 Å². The van der Waals surface area contributed by atoms with Crippen LogP contribution in [0.5, 0.6) is 0 Å². The molecular weight excluding hydrogens is 322 g/mol. The molecule has 0 heterocycles. The summed E-state index contributed by atoms with van der Waals surface area (Å²) in [6.07, 6.45) is 9.02. The predicted octanol–water partition coefficient (Wildman–Crippen LogP) is 3.60. The fraction of sp³-hybridized carbons (Fsp3) is 0.737. The SMILES string of the molecule is C=CCCCC(C)C(=O)NC(CC1CCC1)C(C[SH](=O)=O)=C(C)C. The molecule has 0 aliphatic heterocycles. The minimum absolute atomic E-state index is 0.0308. The van der Waals surface area contributed by atoms with E-state index in [1.807, 2.05) is 26.8 Å². The zero-order valence-electron chi connectivity index (χ0n) is 15.3. The summed E-state index contributed by atoms with van der Waals surface area (Å²) < 4.78 is 22.5. The summed E-state index contributed by atoms with van der Waals surface area (Å²) in [7, 11) is -2.49. The van der Waals surface area contributed by atoms with E-state index in [0.29, 0.717) is 5.92 Å². The number of unbranched alkanes of at least 4 members (excludes halogenated alkanes) is 1. The molecule has 0 aromatic heterocycles. The van der Waals surface area contributed by atoms with E-state index < -0.39 is 10.7 Å². The number of carbonyl (C=O) groups is 1. The van der Waals surface area contributed by atoms with E-state index in [-0.39, 0.29) is 23.6 Å². The lowest BCUT2D eigenvalue weighted by Crippen LogP contribution is -2.42. The summed E-state index contributed by atoms with van der Waals surface area (Å²) in [5.74, 6) is 0.613. The van der Waals surface area contributed by atoms with Crippen molar-refractivity contribution in [3.05, 3.63) is 23.8 Å². The van der Waals surface area contributed by atoms with E-state index in [1.165, 1.54) is 19.3 Å². The summed E-state index contributed by atoms with van der Waals surface area (Å²) in [5, 5.41) is 3.14. The largest absolute Gasteiger partial charge is 0.349 e. The minimum atomic E-state index is -2.49. The van der Waals surface area contributed by atoms with Crippen molar-refractivity contribution < 1.29 is 13.2 Å². The van der Waals surface area contributed by atoms with E-state index in [1.54, 1.807) is 0 Å². The maximum Gasteiger partial charge on any atom is 0.223 e. The number of thiol groups is 1. The first-order valence-corrected chi connectivity index (χ1v) is 10.4. The maximum atomic E-state index is 12.5. The second kappa shape index (κ2) is 10.7. The highest BCUT2D eigenvalue weighted by atomic mass is 32.2. The van der Waals surface area contributed by atoms with Crippen molar-refractivity contribution >= 4 is 16.6 Å². The Bertz CT molecular complexity index is 521. The van der Waals surface area contributed by atoms with Gasteiger partial charge in [0, 0.05) is 5.92 Å². The highest BCUT2D eigenvalue weighted by molar-refractivity contribution is 7.72. The summed E-state index contributed by atoms with van der Waals surface area (Å²) in [6.45, 7) is 9.51. The van der Waals surface area contributed by atoms with Gasteiger partial charge in [0.2, 0.25) is 5.91 Å². The van der Waals surface area contributed by atoms with Crippen molar-refractivity contribution in [2.45, 2.75) is 71.8 Å². The number of allylic oxidation sites excluding steroid dienone is 2. The second-order valence-electron chi connectivity index (χ2n) is 7.23.